The van der Waals surface area contributed by atoms with E-state index in [1.807, 2.05) is 0 Å². The molecule has 1 saturated carbocycles. The van der Waals surface area contributed by atoms with E-state index in [0.717, 1.165) is 11.8 Å². The molecular formula is C26H21F6NO2S. The third-order valence-corrected chi connectivity index (χ3v) is 8.49. The fourth-order valence-corrected chi connectivity index (χ4v) is 6.37. The zero-order valence-corrected chi connectivity index (χ0v) is 20.5. The monoisotopic (exact) mass is 525 g/mol. The van der Waals surface area contributed by atoms with Crippen LogP contribution < -0.4 is 9.47 Å². The van der Waals surface area contributed by atoms with Gasteiger partial charge in [-0.2, -0.15) is 26.3 Å². The van der Waals surface area contributed by atoms with Crippen molar-refractivity contribution in [1.29, 1.82) is 0 Å². The van der Waals surface area contributed by atoms with Crippen LogP contribution in [-0.4, -0.2) is 42.3 Å². The molecule has 1 fully saturated rings. The Balaban J connectivity index is 1.80. The third kappa shape index (κ3) is 3.12. The Morgan fingerprint density at radius 2 is 1.17 bits per heavy atom. The van der Waals surface area contributed by atoms with Gasteiger partial charge in [0, 0.05) is 16.6 Å². The Morgan fingerprint density at radius 1 is 0.694 bits per heavy atom. The molecule has 1 heterocycles. The van der Waals surface area contributed by atoms with Crippen LogP contribution in [-0.2, 0) is 0 Å². The zero-order valence-electron chi connectivity index (χ0n) is 19.6. The number of aliphatic imine (C=N–C) groups is 1. The predicted octanol–water partition coefficient (Wildman–Crippen LogP) is 7.23. The number of ether oxygens (including phenoxy) is 2. The maximum atomic E-state index is 15.3. The molecule has 1 aliphatic heterocycles. The van der Waals surface area contributed by atoms with E-state index in [9.17, 15) is 8.78 Å². The van der Waals surface area contributed by atoms with Crippen molar-refractivity contribution in [2.45, 2.75) is 36.9 Å². The number of benzene rings is 2. The van der Waals surface area contributed by atoms with Crippen molar-refractivity contribution in [3.8, 4) is 11.5 Å². The number of methoxy groups -OCH3 is 2. The van der Waals surface area contributed by atoms with Crippen LogP contribution in [0.25, 0.3) is 5.57 Å². The van der Waals surface area contributed by atoms with Gasteiger partial charge in [-0.1, -0.05) is 37.7 Å². The number of rotatable bonds is 4. The molecule has 0 saturated heterocycles. The van der Waals surface area contributed by atoms with Crippen LogP contribution in [0.2, 0.25) is 0 Å². The van der Waals surface area contributed by atoms with Gasteiger partial charge in [-0.25, -0.2) is 4.99 Å². The van der Waals surface area contributed by atoms with Crippen LogP contribution in [0.15, 0.2) is 70.4 Å². The maximum Gasteiger partial charge on any atom is 0.380 e. The number of fused-ring (bicyclic) bond motifs is 2. The molecule has 0 spiro atoms. The summed E-state index contributed by atoms with van der Waals surface area (Å²) in [6.07, 6.45) is 0. The number of alkyl halides is 6. The molecule has 5 rings (SSSR count). The molecule has 190 valence electrons. The Kier molecular flexibility index (Phi) is 5.38. The quantitative estimate of drug-likeness (QED) is 0.395. The first-order valence-corrected chi connectivity index (χ1v) is 11.8. The highest BCUT2D eigenvalue weighted by molar-refractivity contribution is 8.15. The van der Waals surface area contributed by atoms with Crippen molar-refractivity contribution in [2.75, 3.05) is 14.2 Å². The fraction of sp³-hybridized carbons (Fsp3) is 0.346. The molecule has 2 aromatic carbocycles. The smallest absolute Gasteiger partial charge is 0.380 e. The second-order valence-corrected chi connectivity index (χ2v) is 10.4. The number of hydrogen-bond acceptors (Lipinski definition) is 4. The van der Waals surface area contributed by atoms with Gasteiger partial charge in [0.1, 0.15) is 16.5 Å². The third-order valence-electron chi connectivity index (χ3n) is 6.89. The van der Waals surface area contributed by atoms with E-state index in [1.54, 1.807) is 38.1 Å². The highest BCUT2D eigenvalue weighted by Crippen LogP contribution is 2.70. The number of nitrogens with zero attached hydrogens (tertiary/aromatic N) is 1. The number of halogens is 6. The maximum absolute atomic E-state index is 15.3. The van der Waals surface area contributed by atoms with Gasteiger partial charge in [0.15, 0.2) is 0 Å². The number of hydrogen-bond donors (Lipinski definition) is 0. The SMILES string of the molecule is COc1ccc(C2=NC3=C4C(=C(c5ccc(OC)cc5)C(C)(C)C3S2)C(F)(F)C(F)(F)C4(F)F)cc1. The molecule has 2 aromatic rings. The Morgan fingerprint density at radius 3 is 1.67 bits per heavy atom. The summed E-state index contributed by atoms with van der Waals surface area (Å²) < 4.78 is 101. The van der Waals surface area contributed by atoms with E-state index < -0.39 is 45.3 Å². The molecule has 0 amide bonds. The molecule has 0 N–H and O–H groups in total. The van der Waals surface area contributed by atoms with Gasteiger partial charge in [-0.15, -0.1) is 0 Å². The van der Waals surface area contributed by atoms with Crippen LogP contribution in [0.3, 0.4) is 0 Å². The Bertz CT molecular complexity index is 1330. The van der Waals surface area contributed by atoms with Crippen LogP contribution in [0.5, 0.6) is 11.5 Å². The van der Waals surface area contributed by atoms with Crippen molar-refractivity contribution in [3.05, 3.63) is 76.5 Å². The first-order valence-electron chi connectivity index (χ1n) is 11.0. The van der Waals surface area contributed by atoms with Crippen molar-refractivity contribution in [3.63, 3.8) is 0 Å². The highest BCUT2D eigenvalue weighted by Gasteiger charge is 2.83. The second kappa shape index (κ2) is 7.81. The molecular weight excluding hydrogens is 504 g/mol. The van der Waals surface area contributed by atoms with E-state index in [2.05, 4.69) is 4.99 Å². The number of allylic oxidation sites excluding steroid dienone is 3. The van der Waals surface area contributed by atoms with E-state index >= 15 is 17.6 Å². The summed E-state index contributed by atoms with van der Waals surface area (Å²) in [6, 6.07) is 12.4. The first-order chi connectivity index (χ1) is 16.8. The van der Waals surface area contributed by atoms with Gasteiger partial charge >= 0.3 is 17.8 Å². The minimum Gasteiger partial charge on any atom is -0.497 e. The van der Waals surface area contributed by atoms with E-state index in [-0.39, 0.29) is 16.2 Å². The minimum absolute atomic E-state index is 0.138. The Hall–Kier alpha value is -2.88. The largest absolute Gasteiger partial charge is 0.497 e. The molecule has 1 atom stereocenters. The average Bonchev–Trinajstić information content (AvgIpc) is 3.33. The molecule has 10 heteroatoms. The molecule has 0 bridgehead atoms. The summed E-state index contributed by atoms with van der Waals surface area (Å²) in [7, 11) is 2.89. The molecule has 2 aliphatic carbocycles. The summed E-state index contributed by atoms with van der Waals surface area (Å²) in [6.45, 7) is 3.18. The summed E-state index contributed by atoms with van der Waals surface area (Å²) in [5.41, 5.74) is -4.02. The van der Waals surface area contributed by atoms with Gasteiger partial charge in [0.05, 0.1) is 30.7 Å². The van der Waals surface area contributed by atoms with Crippen LogP contribution in [0.4, 0.5) is 26.3 Å². The van der Waals surface area contributed by atoms with Crippen molar-refractivity contribution in [2.24, 2.45) is 10.4 Å². The van der Waals surface area contributed by atoms with Crippen molar-refractivity contribution in [1.82, 2.24) is 0 Å². The number of thioether (sulfide) groups is 1. The summed E-state index contributed by atoms with van der Waals surface area (Å²) >= 11 is 1.09. The molecule has 1 unspecified atom stereocenters. The minimum atomic E-state index is -5.62. The highest BCUT2D eigenvalue weighted by atomic mass is 32.2. The zero-order chi connectivity index (χ0) is 26.3. The Labute approximate surface area is 207 Å². The normalized spacial score (nSPS) is 24.8. The van der Waals surface area contributed by atoms with Crippen molar-refractivity contribution >= 4 is 22.4 Å². The molecule has 3 nitrogen and oxygen atoms in total. The lowest BCUT2D eigenvalue weighted by atomic mass is 9.68. The second-order valence-electron chi connectivity index (χ2n) is 9.33. The topological polar surface area (TPSA) is 30.8 Å². The van der Waals surface area contributed by atoms with Crippen LogP contribution in [0.1, 0.15) is 25.0 Å². The molecule has 3 aliphatic rings. The lowest BCUT2D eigenvalue weighted by Crippen LogP contribution is -2.47. The standard InChI is InChI=1S/C26H21F6NO2S/c1-23(2)17(13-5-9-15(34-3)10-6-13)18-19(25(29,30)26(31,32)24(18,27)28)20-21(23)36-22(33-20)14-7-11-16(35-4)12-8-14/h5-12,21H,1-4H3. The van der Waals surface area contributed by atoms with E-state index in [0.29, 0.717) is 17.1 Å². The summed E-state index contributed by atoms with van der Waals surface area (Å²) in [4.78, 5) is 4.27. The van der Waals surface area contributed by atoms with Gasteiger partial charge < -0.3 is 9.47 Å². The van der Waals surface area contributed by atoms with E-state index in [4.69, 9.17) is 9.47 Å². The van der Waals surface area contributed by atoms with E-state index in [1.165, 1.54) is 38.5 Å². The predicted molar refractivity (Wildman–Crippen MR) is 126 cm³/mol. The molecule has 0 radical (unpaired) electrons. The van der Waals surface area contributed by atoms with Crippen LogP contribution in [0, 0.1) is 5.41 Å². The van der Waals surface area contributed by atoms with Crippen molar-refractivity contribution < 1.29 is 35.8 Å². The van der Waals surface area contributed by atoms with Gasteiger partial charge in [0.2, 0.25) is 0 Å². The summed E-state index contributed by atoms with van der Waals surface area (Å²) in [5, 5.41) is -0.621. The molecule has 36 heavy (non-hydrogen) atoms. The fourth-order valence-electron chi connectivity index (χ4n) is 5.03. The van der Waals surface area contributed by atoms with Crippen LogP contribution >= 0.6 is 11.8 Å². The lowest BCUT2D eigenvalue weighted by Gasteiger charge is -2.40. The lowest BCUT2D eigenvalue weighted by molar-refractivity contribution is -0.257. The molecule has 0 aromatic heterocycles. The first kappa shape index (κ1) is 24.8. The van der Waals surface area contributed by atoms with Gasteiger partial charge in [-0.3, -0.25) is 0 Å². The van der Waals surface area contributed by atoms with Gasteiger partial charge in [-0.05, 0) is 47.5 Å². The average molecular weight is 526 g/mol. The summed E-state index contributed by atoms with van der Waals surface area (Å²) in [5.74, 6) is -14.9. The van der Waals surface area contributed by atoms with Gasteiger partial charge in [0.25, 0.3) is 0 Å².